The molecule has 33 heavy (non-hydrogen) atoms. The molecule has 0 aliphatic carbocycles. The predicted molar refractivity (Wildman–Crippen MR) is 124 cm³/mol. The van der Waals surface area contributed by atoms with Gasteiger partial charge < -0.3 is 15.0 Å². The number of amides is 1. The van der Waals surface area contributed by atoms with Crippen LogP contribution in [-0.4, -0.2) is 56.2 Å². The summed E-state index contributed by atoms with van der Waals surface area (Å²) in [5.74, 6) is 1.75. The molecule has 3 aromatic heterocycles. The Bertz CT molecular complexity index is 1340. The summed E-state index contributed by atoms with van der Waals surface area (Å²) in [5.41, 5.74) is 4.59. The van der Waals surface area contributed by atoms with Crippen molar-refractivity contribution in [2.75, 3.05) is 18.6 Å². The third-order valence-electron chi connectivity index (χ3n) is 6.63. The van der Waals surface area contributed by atoms with Crippen LogP contribution in [0.2, 0.25) is 0 Å². The van der Waals surface area contributed by atoms with E-state index < -0.39 is 0 Å². The molecule has 9 nitrogen and oxygen atoms in total. The van der Waals surface area contributed by atoms with Gasteiger partial charge >= 0.3 is 0 Å². The van der Waals surface area contributed by atoms with Crippen molar-refractivity contribution >= 4 is 22.8 Å². The Kier molecular flexibility index (Phi) is 4.56. The van der Waals surface area contributed by atoms with E-state index in [1.54, 1.807) is 11.8 Å². The quantitative estimate of drug-likeness (QED) is 0.509. The van der Waals surface area contributed by atoms with Gasteiger partial charge in [-0.2, -0.15) is 10.2 Å². The van der Waals surface area contributed by atoms with Gasteiger partial charge in [-0.15, -0.1) is 0 Å². The van der Waals surface area contributed by atoms with Gasteiger partial charge in [0.15, 0.2) is 0 Å². The Balaban J connectivity index is 1.45. The van der Waals surface area contributed by atoms with Crippen molar-refractivity contribution in [1.82, 2.24) is 29.9 Å². The molecule has 2 aliphatic heterocycles. The first-order valence-corrected chi connectivity index (χ1v) is 11.2. The van der Waals surface area contributed by atoms with Crippen LogP contribution in [0, 0.1) is 0 Å². The van der Waals surface area contributed by atoms with Gasteiger partial charge in [0, 0.05) is 31.4 Å². The number of nitrogens with one attached hydrogen (secondary N) is 1. The maximum Gasteiger partial charge on any atom is 0.242 e. The zero-order chi connectivity index (χ0) is 22.5. The van der Waals surface area contributed by atoms with E-state index in [0.29, 0.717) is 13.1 Å². The lowest BCUT2D eigenvalue weighted by Crippen LogP contribution is -2.55. The van der Waals surface area contributed by atoms with Crippen molar-refractivity contribution in [2.45, 2.75) is 31.5 Å². The van der Waals surface area contributed by atoms with Gasteiger partial charge in [0.05, 0.1) is 25.4 Å². The van der Waals surface area contributed by atoms with Crippen LogP contribution >= 0.6 is 0 Å². The molecule has 0 radical (unpaired) electrons. The second-order valence-corrected chi connectivity index (χ2v) is 8.69. The monoisotopic (exact) mass is 443 g/mol. The van der Waals surface area contributed by atoms with Crippen molar-refractivity contribution in [3.63, 3.8) is 0 Å². The second-order valence-electron chi connectivity index (χ2n) is 8.69. The number of aryl methyl sites for hydroxylation is 1. The highest BCUT2D eigenvalue weighted by atomic mass is 16.5. The average Bonchev–Trinajstić information content (AvgIpc) is 3.51. The summed E-state index contributed by atoms with van der Waals surface area (Å²) < 4.78 is 9.03. The summed E-state index contributed by atoms with van der Waals surface area (Å²) in [4.78, 5) is 19.7. The van der Waals surface area contributed by atoms with E-state index in [0.717, 1.165) is 52.3 Å². The van der Waals surface area contributed by atoms with E-state index in [4.69, 9.17) is 14.8 Å². The summed E-state index contributed by atoms with van der Waals surface area (Å²) in [7, 11) is 3.56. The molecule has 1 amide bonds. The van der Waals surface area contributed by atoms with Crippen molar-refractivity contribution in [3.8, 4) is 17.0 Å². The Hall–Kier alpha value is -3.88. The van der Waals surface area contributed by atoms with Crippen LogP contribution in [0.5, 0.6) is 5.75 Å². The molecule has 0 saturated carbocycles. The molecule has 2 aliphatic rings. The molecular weight excluding hydrogens is 418 g/mol. The molecule has 2 atom stereocenters. The first-order chi connectivity index (χ1) is 16.1. The number of ether oxygens (including phenoxy) is 1. The normalized spacial score (nSPS) is 19.8. The minimum absolute atomic E-state index is 0.0910. The average molecular weight is 444 g/mol. The Morgan fingerprint density at radius 1 is 1.15 bits per heavy atom. The molecule has 2 bridgehead atoms. The van der Waals surface area contributed by atoms with Crippen LogP contribution in [0.3, 0.4) is 0 Å². The predicted octanol–water partition coefficient (Wildman–Crippen LogP) is 2.36. The van der Waals surface area contributed by atoms with Crippen LogP contribution in [0.1, 0.15) is 18.4 Å². The lowest BCUT2D eigenvalue weighted by atomic mass is 10.2. The highest BCUT2D eigenvalue weighted by Gasteiger charge is 2.42. The molecule has 2 unspecified atom stereocenters. The van der Waals surface area contributed by atoms with Gasteiger partial charge in [-0.3, -0.25) is 14.2 Å². The van der Waals surface area contributed by atoms with E-state index >= 15 is 0 Å². The fourth-order valence-corrected chi connectivity index (χ4v) is 4.98. The van der Waals surface area contributed by atoms with Crippen LogP contribution in [-0.2, 0) is 18.4 Å². The van der Waals surface area contributed by atoms with E-state index in [9.17, 15) is 4.79 Å². The summed E-state index contributed by atoms with van der Waals surface area (Å²) in [6, 6.07) is 12.2. The molecule has 2 saturated heterocycles. The van der Waals surface area contributed by atoms with E-state index in [1.165, 1.54) is 0 Å². The fourth-order valence-electron chi connectivity index (χ4n) is 4.98. The first kappa shape index (κ1) is 19.8. The Morgan fingerprint density at radius 3 is 2.76 bits per heavy atom. The zero-order valence-electron chi connectivity index (χ0n) is 18.6. The number of carbonyl (C=O) groups is 1. The number of hydrogen-bond donors (Lipinski definition) is 1. The van der Waals surface area contributed by atoms with Gasteiger partial charge in [0.1, 0.15) is 28.8 Å². The highest BCUT2D eigenvalue weighted by Crippen LogP contribution is 2.35. The Morgan fingerprint density at radius 2 is 2.00 bits per heavy atom. The number of carbonyl (C=O) groups excluding carboxylic acids is 1. The number of fused-ring (bicyclic) bond motifs is 3. The SMILES string of the molecule is COc1ccc(Cn2nc(-c3cnn(C)c3)c3nc(N4C5CCC4C(=O)NC5)ccc32)cc1. The van der Waals surface area contributed by atoms with E-state index in [1.807, 2.05) is 54.5 Å². The standard InChI is InChI=1S/C24H25N7O2/c1-29-14-16(11-26-29)22-23-19(30(28-22)13-15-3-6-18(33-2)7-4-15)9-10-21(27-23)31-17-5-8-20(31)24(32)25-12-17/h3-4,6-7,9-11,14,17,20H,5,8,12-13H2,1-2H3,(H,25,32). The van der Waals surface area contributed by atoms with E-state index in [-0.39, 0.29) is 18.0 Å². The maximum absolute atomic E-state index is 12.4. The second kappa shape index (κ2) is 7.61. The van der Waals surface area contributed by atoms with Gasteiger partial charge in [-0.25, -0.2) is 4.98 Å². The number of rotatable bonds is 5. The minimum Gasteiger partial charge on any atom is -0.497 e. The van der Waals surface area contributed by atoms with Gasteiger partial charge in [0.25, 0.3) is 0 Å². The summed E-state index contributed by atoms with van der Waals surface area (Å²) in [5, 5.41) is 12.3. The van der Waals surface area contributed by atoms with Crippen molar-refractivity contribution in [2.24, 2.45) is 7.05 Å². The molecule has 0 spiro atoms. The zero-order valence-corrected chi connectivity index (χ0v) is 18.6. The van der Waals surface area contributed by atoms with E-state index in [2.05, 4.69) is 21.4 Å². The molecule has 1 aromatic carbocycles. The fraction of sp³-hybridized carbons (Fsp3) is 0.333. The third kappa shape index (κ3) is 3.31. The summed E-state index contributed by atoms with van der Waals surface area (Å²) in [6.07, 6.45) is 5.62. The van der Waals surface area contributed by atoms with Crippen molar-refractivity contribution in [1.29, 1.82) is 0 Å². The smallest absolute Gasteiger partial charge is 0.242 e. The molecule has 4 aromatic rings. The first-order valence-electron chi connectivity index (χ1n) is 11.2. The van der Waals surface area contributed by atoms with Gasteiger partial charge in [0.2, 0.25) is 5.91 Å². The summed E-state index contributed by atoms with van der Waals surface area (Å²) >= 11 is 0. The minimum atomic E-state index is -0.148. The molecular formula is C24H25N7O2. The number of piperazine rings is 1. The van der Waals surface area contributed by atoms with Crippen LogP contribution in [0.15, 0.2) is 48.8 Å². The largest absolute Gasteiger partial charge is 0.497 e. The topological polar surface area (TPSA) is 90.1 Å². The molecule has 9 heteroatoms. The molecule has 168 valence electrons. The number of methoxy groups -OCH3 is 1. The lowest BCUT2D eigenvalue weighted by Gasteiger charge is -2.35. The third-order valence-corrected chi connectivity index (χ3v) is 6.63. The van der Waals surface area contributed by atoms with Gasteiger partial charge in [-0.1, -0.05) is 12.1 Å². The molecule has 6 rings (SSSR count). The Labute approximate surface area is 191 Å². The number of aromatic nitrogens is 5. The van der Waals surface area contributed by atoms with Crippen molar-refractivity contribution in [3.05, 3.63) is 54.4 Å². The number of nitrogens with zero attached hydrogens (tertiary/aromatic N) is 6. The van der Waals surface area contributed by atoms with Crippen LogP contribution in [0.4, 0.5) is 5.82 Å². The highest BCUT2D eigenvalue weighted by molar-refractivity contribution is 5.92. The molecule has 1 N–H and O–H groups in total. The van der Waals surface area contributed by atoms with Crippen LogP contribution < -0.4 is 15.0 Å². The number of pyridine rings is 1. The van der Waals surface area contributed by atoms with Crippen molar-refractivity contribution < 1.29 is 9.53 Å². The molecule has 5 heterocycles. The number of benzene rings is 1. The van der Waals surface area contributed by atoms with Gasteiger partial charge in [-0.05, 0) is 42.7 Å². The summed E-state index contributed by atoms with van der Waals surface area (Å²) in [6.45, 7) is 1.28. The lowest BCUT2D eigenvalue weighted by molar-refractivity contribution is -0.122. The number of hydrogen-bond acceptors (Lipinski definition) is 6. The maximum atomic E-state index is 12.4. The molecule has 2 fully saturated rings. The number of anilines is 1. The van der Waals surface area contributed by atoms with Crippen LogP contribution in [0.25, 0.3) is 22.3 Å².